The fourth-order valence-corrected chi connectivity index (χ4v) is 1.16. The van der Waals surface area contributed by atoms with Gasteiger partial charge >= 0.3 is 5.97 Å². The molecule has 0 amide bonds. The van der Waals surface area contributed by atoms with Gasteiger partial charge in [-0.05, 0) is 24.9 Å². The van der Waals surface area contributed by atoms with Gasteiger partial charge in [0, 0.05) is 19.4 Å². The number of rotatable bonds is 4. The highest BCUT2D eigenvalue weighted by atomic mass is 16.4. The van der Waals surface area contributed by atoms with Crippen molar-refractivity contribution in [2.75, 3.05) is 7.05 Å². The molecule has 0 aliphatic heterocycles. The molecule has 1 aromatic rings. The maximum Gasteiger partial charge on any atom is 0.337 e. The number of nitrogens with zero attached hydrogens (tertiary/aromatic N) is 3. The molecule has 0 spiro atoms. The van der Waals surface area contributed by atoms with Gasteiger partial charge in [-0.1, -0.05) is 0 Å². The van der Waals surface area contributed by atoms with Gasteiger partial charge in [-0.15, -0.1) is 0 Å². The topological polar surface area (TPSA) is 74.9 Å². The third-order valence-corrected chi connectivity index (χ3v) is 1.86. The lowest BCUT2D eigenvalue weighted by Crippen LogP contribution is -2.09. The fraction of sp³-hybridized carbons (Fsp3) is 0.0909. The zero-order valence-corrected chi connectivity index (χ0v) is 8.79. The van der Waals surface area contributed by atoms with Crippen LogP contribution in [0.15, 0.2) is 40.6 Å². The van der Waals surface area contributed by atoms with E-state index in [1.165, 1.54) is 18.5 Å². The van der Waals surface area contributed by atoms with Crippen molar-refractivity contribution in [1.82, 2.24) is 4.98 Å². The SMILES string of the molecule is C=N/C=C\C(=N/C)c1ncccc1C(=O)O. The zero-order chi connectivity index (χ0) is 12.0. The number of carboxylic acids is 1. The smallest absolute Gasteiger partial charge is 0.337 e. The molecule has 1 N–H and O–H groups in total. The predicted molar refractivity (Wildman–Crippen MR) is 62.3 cm³/mol. The van der Waals surface area contributed by atoms with Gasteiger partial charge in [0.15, 0.2) is 0 Å². The Balaban J connectivity index is 3.25. The highest BCUT2D eigenvalue weighted by Gasteiger charge is 2.13. The molecule has 0 atom stereocenters. The molecule has 0 aliphatic carbocycles. The summed E-state index contributed by atoms with van der Waals surface area (Å²) in [7, 11) is 1.56. The lowest BCUT2D eigenvalue weighted by atomic mass is 10.1. The van der Waals surface area contributed by atoms with Crippen molar-refractivity contribution >= 4 is 18.4 Å². The molecule has 16 heavy (non-hydrogen) atoms. The second-order valence-electron chi connectivity index (χ2n) is 2.81. The van der Waals surface area contributed by atoms with Gasteiger partial charge in [0.05, 0.1) is 11.3 Å². The van der Waals surface area contributed by atoms with Gasteiger partial charge in [0.1, 0.15) is 5.69 Å². The Morgan fingerprint density at radius 2 is 2.38 bits per heavy atom. The predicted octanol–water partition coefficient (Wildman–Crippen LogP) is 1.41. The number of hydrogen-bond acceptors (Lipinski definition) is 4. The van der Waals surface area contributed by atoms with Crippen LogP contribution in [0.3, 0.4) is 0 Å². The molecule has 0 fully saturated rings. The lowest BCUT2D eigenvalue weighted by molar-refractivity contribution is 0.0696. The number of aromatic carboxylic acids is 1. The first-order valence-corrected chi connectivity index (χ1v) is 4.48. The van der Waals surface area contributed by atoms with Crippen LogP contribution in [0.4, 0.5) is 0 Å². The number of aliphatic imine (C=N–C) groups is 2. The van der Waals surface area contributed by atoms with E-state index in [1.807, 2.05) is 0 Å². The summed E-state index contributed by atoms with van der Waals surface area (Å²) in [5.74, 6) is -1.04. The van der Waals surface area contributed by atoms with Crippen molar-refractivity contribution in [2.45, 2.75) is 0 Å². The molecule has 82 valence electrons. The van der Waals surface area contributed by atoms with Crippen molar-refractivity contribution in [1.29, 1.82) is 0 Å². The molecule has 0 saturated heterocycles. The van der Waals surface area contributed by atoms with Gasteiger partial charge in [-0.25, -0.2) is 4.79 Å². The Hall–Kier alpha value is -2.30. The van der Waals surface area contributed by atoms with Crippen LogP contribution < -0.4 is 0 Å². The summed E-state index contributed by atoms with van der Waals surface area (Å²) in [4.78, 5) is 22.5. The summed E-state index contributed by atoms with van der Waals surface area (Å²) in [5.41, 5.74) is 0.875. The summed E-state index contributed by atoms with van der Waals surface area (Å²) in [6, 6.07) is 3.04. The Bertz CT molecular complexity index is 464. The van der Waals surface area contributed by atoms with E-state index < -0.39 is 5.97 Å². The molecule has 0 aliphatic rings. The number of aromatic nitrogens is 1. The lowest BCUT2D eigenvalue weighted by Gasteiger charge is -2.03. The van der Waals surface area contributed by atoms with Crippen LogP contribution >= 0.6 is 0 Å². The number of hydrogen-bond donors (Lipinski definition) is 1. The first-order valence-electron chi connectivity index (χ1n) is 4.48. The van der Waals surface area contributed by atoms with Crippen LogP contribution in [-0.2, 0) is 0 Å². The zero-order valence-electron chi connectivity index (χ0n) is 8.79. The second-order valence-corrected chi connectivity index (χ2v) is 2.81. The molecule has 0 radical (unpaired) electrons. The maximum atomic E-state index is 11.0. The van der Waals surface area contributed by atoms with Crippen molar-refractivity contribution < 1.29 is 9.90 Å². The molecular formula is C11H11N3O2. The standard InChI is InChI=1S/C11H11N3O2/c1-12-7-5-9(13-2)10-8(11(15)16)4-3-6-14-10/h3-7H,1H2,2H3,(H,15,16)/b7-5-,13-9+. The summed E-state index contributed by atoms with van der Waals surface area (Å²) in [6.07, 6.45) is 4.51. The first kappa shape index (κ1) is 11.8. The quantitative estimate of drug-likeness (QED) is 0.775. The van der Waals surface area contributed by atoms with E-state index in [1.54, 1.807) is 19.2 Å². The van der Waals surface area contributed by atoms with Crippen molar-refractivity contribution in [2.24, 2.45) is 9.98 Å². The minimum Gasteiger partial charge on any atom is -0.478 e. The van der Waals surface area contributed by atoms with E-state index >= 15 is 0 Å². The molecule has 1 aromatic heterocycles. The molecule has 0 saturated carbocycles. The molecule has 0 aromatic carbocycles. The highest BCUT2D eigenvalue weighted by molar-refractivity contribution is 6.12. The summed E-state index contributed by atoms with van der Waals surface area (Å²) in [5, 5.41) is 8.98. The number of carboxylic acid groups (broad SMARTS) is 1. The van der Waals surface area contributed by atoms with Crippen molar-refractivity contribution in [3.63, 3.8) is 0 Å². The van der Waals surface area contributed by atoms with Gasteiger partial charge in [0.2, 0.25) is 0 Å². The van der Waals surface area contributed by atoms with Gasteiger partial charge in [-0.3, -0.25) is 15.0 Å². The van der Waals surface area contributed by atoms with Crippen LogP contribution in [-0.4, -0.2) is 35.5 Å². The normalized spacial score (nSPS) is 11.7. The van der Waals surface area contributed by atoms with Crippen LogP contribution in [0, 0.1) is 0 Å². The van der Waals surface area contributed by atoms with Crippen molar-refractivity contribution in [3.05, 3.63) is 41.9 Å². The van der Waals surface area contributed by atoms with E-state index in [9.17, 15) is 4.79 Å². The molecule has 5 nitrogen and oxygen atoms in total. The van der Waals surface area contributed by atoms with Crippen LogP contribution in [0.2, 0.25) is 0 Å². The van der Waals surface area contributed by atoms with E-state index in [0.717, 1.165) is 0 Å². The number of pyridine rings is 1. The summed E-state index contributed by atoms with van der Waals surface area (Å²) < 4.78 is 0. The van der Waals surface area contributed by atoms with E-state index in [-0.39, 0.29) is 5.56 Å². The minimum absolute atomic E-state index is 0.108. The van der Waals surface area contributed by atoms with E-state index in [2.05, 4.69) is 21.7 Å². The Morgan fingerprint density at radius 1 is 1.62 bits per heavy atom. The van der Waals surface area contributed by atoms with Crippen LogP contribution in [0.5, 0.6) is 0 Å². The largest absolute Gasteiger partial charge is 0.478 e. The average molecular weight is 217 g/mol. The van der Waals surface area contributed by atoms with E-state index in [0.29, 0.717) is 11.4 Å². The van der Waals surface area contributed by atoms with Crippen LogP contribution in [0.25, 0.3) is 0 Å². The highest BCUT2D eigenvalue weighted by Crippen LogP contribution is 2.08. The molecule has 0 unspecified atom stereocenters. The molecule has 5 heteroatoms. The van der Waals surface area contributed by atoms with Crippen molar-refractivity contribution in [3.8, 4) is 0 Å². The third kappa shape index (κ3) is 2.60. The Kier molecular flexibility index (Phi) is 4.08. The second kappa shape index (κ2) is 5.55. The maximum absolute atomic E-state index is 11.0. The monoisotopic (exact) mass is 217 g/mol. The van der Waals surface area contributed by atoms with Crippen LogP contribution in [0.1, 0.15) is 16.1 Å². The average Bonchev–Trinajstić information content (AvgIpc) is 2.30. The molecule has 1 heterocycles. The number of carbonyl (C=O) groups is 1. The molecule has 1 rings (SSSR count). The fourth-order valence-electron chi connectivity index (χ4n) is 1.16. The minimum atomic E-state index is -1.04. The van der Waals surface area contributed by atoms with Gasteiger partial charge in [-0.2, -0.15) is 0 Å². The third-order valence-electron chi connectivity index (χ3n) is 1.86. The van der Waals surface area contributed by atoms with Gasteiger partial charge in [0.25, 0.3) is 0 Å². The Labute approximate surface area is 92.9 Å². The van der Waals surface area contributed by atoms with Gasteiger partial charge < -0.3 is 5.11 Å². The molecular weight excluding hydrogens is 206 g/mol. The first-order chi connectivity index (χ1) is 7.70. The molecule has 0 bridgehead atoms. The summed E-state index contributed by atoms with van der Waals surface area (Å²) >= 11 is 0. The van der Waals surface area contributed by atoms with E-state index in [4.69, 9.17) is 5.11 Å². The summed E-state index contributed by atoms with van der Waals surface area (Å²) in [6.45, 7) is 3.29. The Morgan fingerprint density at radius 3 is 2.94 bits per heavy atom. The number of allylic oxidation sites excluding steroid dienone is 1.